The Morgan fingerprint density at radius 1 is 0.680 bits per heavy atom. The second kappa shape index (κ2) is 11.5. The maximum absolute atomic E-state index is 11.2. The number of benzene rings is 4. The molecule has 9 rings (SSSR count). The molecule has 0 saturated carbocycles. The number of carboxylic acid groups (broad SMARTS) is 1. The number of hydrogen-bond donors (Lipinski definition) is 1. The summed E-state index contributed by atoms with van der Waals surface area (Å²) in [6, 6.07) is 26.9. The number of fused-ring (bicyclic) bond motifs is 20. The number of rotatable bonds is 3. The molecular weight excluding hydrogens is 682 g/mol. The molecule has 0 spiro atoms. The third-order valence-electron chi connectivity index (χ3n) is 8.62. The summed E-state index contributed by atoms with van der Waals surface area (Å²) < 4.78 is 5.51. The van der Waals surface area contributed by atoms with Crippen LogP contribution in [0.15, 0.2) is 84.9 Å². The van der Waals surface area contributed by atoms with Gasteiger partial charge in [0.1, 0.15) is 5.75 Å². The number of nitrogens with zero attached hydrogens (tertiary/aromatic N) is 9. The standard InChI is InChI=1S/C37H27N9O3.Cu/c1-37(2,3)19-12-14-23-26(16-19)34-41-32(23)39-30-21-8-4-5-9-22(21)31(38-30)40-33-24-15-13-20(49-18-29(47)48)17-27(24)36(42-33)45-46-28-11-7-6-10-25(28)35(43-34)44-46;/h4-17H,18H2,1-3H3,(H2,38,39,40,41,42,43,44,45,47,48);/q;+2/p-1. The van der Waals surface area contributed by atoms with E-state index in [1.807, 2.05) is 54.6 Å². The van der Waals surface area contributed by atoms with Crippen LogP contribution in [0.3, 0.4) is 0 Å². The van der Waals surface area contributed by atoms with Crippen molar-refractivity contribution in [3.8, 4) is 45.6 Å². The fourth-order valence-corrected chi connectivity index (χ4v) is 6.15. The molecule has 2 aliphatic rings. The molecule has 7 aromatic rings. The number of carboxylic acids is 1. The molecule has 50 heavy (non-hydrogen) atoms. The van der Waals surface area contributed by atoms with Crippen molar-refractivity contribution in [1.82, 2.24) is 40.1 Å². The molecule has 0 saturated heterocycles. The zero-order chi connectivity index (χ0) is 33.4. The van der Waals surface area contributed by atoms with Crippen LogP contribution in [0.2, 0.25) is 0 Å². The van der Waals surface area contributed by atoms with Crippen molar-refractivity contribution in [2.24, 2.45) is 0 Å². The SMILES string of the molecule is CC(C)(C)c1ccc2c3nc4nc(nc5[n-]c(n[n+]6nc(nc([n-]3)c2c1)-c1ccccc1-6)c1cc(OCC(=O)O)ccc51)-c1ccccc1-4.[Cu+2]. The Balaban J connectivity index is 0.00000361. The second-order valence-corrected chi connectivity index (χ2v) is 12.9. The number of ether oxygens (including phenoxy) is 1. The van der Waals surface area contributed by atoms with Gasteiger partial charge in [0, 0.05) is 49.4 Å². The van der Waals surface area contributed by atoms with Crippen molar-refractivity contribution in [3.63, 3.8) is 0 Å². The molecule has 2 aliphatic heterocycles. The quantitative estimate of drug-likeness (QED) is 0.183. The molecule has 1 radical (unpaired) electrons. The maximum atomic E-state index is 11.2. The summed E-state index contributed by atoms with van der Waals surface area (Å²) in [5.41, 5.74) is 5.83. The normalized spacial score (nSPS) is 12.0. The molecule has 12 nitrogen and oxygen atoms in total. The van der Waals surface area contributed by atoms with E-state index in [0.29, 0.717) is 62.3 Å². The Morgan fingerprint density at radius 3 is 1.94 bits per heavy atom. The first-order valence-electron chi connectivity index (χ1n) is 15.7. The monoisotopic (exact) mass is 707 g/mol. The van der Waals surface area contributed by atoms with Gasteiger partial charge in [-0.2, -0.15) is 0 Å². The summed E-state index contributed by atoms with van der Waals surface area (Å²) >= 11 is 0. The Hall–Kier alpha value is -6.04. The summed E-state index contributed by atoms with van der Waals surface area (Å²) in [5.74, 6) is 0.633. The van der Waals surface area contributed by atoms with Gasteiger partial charge >= 0.3 is 23.0 Å². The number of para-hydroxylation sites is 1. The topological polar surface area (TPSA) is 156 Å². The fourth-order valence-electron chi connectivity index (χ4n) is 6.15. The average molecular weight is 708 g/mol. The van der Waals surface area contributed by atoms with Crippen LogP contribution in [0.25, 0.3) is 84.0 Å². The third-order valence-corrected chi connectivity index (χ3v) is 8.62. The molecule has 8 bridgehead atoms. The summed E-state index contributed by atoms with van der Waals surface area (Å²) in [7, 11) is 0. The second-order valence-electron chi connectivity index (χ2n) is 12.9. The molecule has 13 heteroatoms. The molecule has 0 atom stereocenters. The molecule has 0 unspecified atom stereocenters. The molecule has 247 valence electrons. The van der Waals surface area contributed by atoms with Gasteiger partial charge in [-0.3, -0.25) is 0 Å². The molecule has 3 aromatic heterocycles. The van der Waals surface area contributed by atoms with Crippen molar-refractivity contribution in [2.45, 2.75) is 26.2 Å². The van der Waals surface area contributed by atoms with E-state index in [9.17, 15) is 9.90 Å². The number of carbonyl (C=O) groups is 1. The minimum atomic E-state index is -1.08. The van der Waals surface area contributed by atoms with Crippen LogP contribution in [-0.2, 0) is 27.3 Å². The van der Waals surface area contributed by atoms with E-state index >= 15 is 0 Å². The minimum Gasteiger partial charge on any atom is -0.482 e. The van der Waals surface area contributed by atoms with Crippen molar-refractivity contribution < 1.29 is 36.5 Å². The van der Waals surface area contributed by atoms with E-state index in [1.165, 1.54) is 4.80 Å². The first-order chi connectivity index (χ1) is 23.7. The van der Waals surface area contributed by atoms with Gasteiger partial charge in [0.2, 0.25) is 0 Å². The number of aromatic nitrogens is 9. The van der Waals surface area contributed by atoms with Crippen LogP contribution >= 0.6 is 0 Å². The Kier molecular flexibility index (Phi) is 7.21. The van der Waals surface area contributed by atoms with Crippen LogP contribution in [0, 0.1) is 0 Å². The first kappa shape index (κ1) is 31.2. The zero-order valence-corrected chi connectivity index (χ0v) is 27.8. The molecule has 1 N–H and O–H groups in total. The summed E-state index contributed by atoms with van der Waals surface area (Å²) in [6.45, 7) is 6.02. The van der Waals surface area contributed by atoms with Gasteiger partial charge in [-0.05, 0) is 57.5 Å². The van der Waals surface area contributed by atoms with Gasteiger partial charge in [0.05, 0.1) is 22.9 Å². The van der Waals surface area contributed by atoms with E-state index in [4.69, 9.17) is 44.8 Å². The van der Waals surface area contributed by atoms with Crippen LogP contribution in [0.1, 0.15) is 26.3 Å². The Morgan fingerprint density at radius 2 is 1.26 bits per heavy atom. The van der Waals surface area contributed by atoms with E-state index in [0.717, 1.165) is 33.0 Å². The summed E-state index contributed by atoms with van der Waals surface area (Å²) in [6.07, 6.45) is 0. The van der Waals surface area contributed by atoms with E-state index in [2.05, 4.69) is 32.9 Å². The molecule has 0 aliphatic carbocycles. The minimum absolute atomic E-state index is 0. The third kappa shape index (κ3) is 5.15. The molecule has 0 amide bonds. The van der Waals surface area contributed by atoms with Gasteiger partial charge in [-0.1, -0.05) is 74.4 Å². The zero-order valence-electron chi connectivity index (χ0n) is 26.9. The van der Waals surface area contributed by atoms with Gasteiger partial charge in [-0.15, -0.1) is 0 Å². The predicted molar refractivity (Wildman–Crippen MR) is 182 cm³/mol. The largest absolute Gasteiger partial charge is 2.00 e. The maximum Gasteiger partial charge on any atom is 2.00 e. The molecular formula is C37H26CuN9O3+. The predicted octanol–water partition coefficient (Wildman–Crippen LogP) is 5.50. The van der Waals surface area contributed by atoms with Crippen molar-refractivity contribution in [1.29, 1.82) is 0 Å². The van der Waals surface area contributed by atoms with Crippen LogP contribution in [-0.4, -0.2) is 47.8 Å². The van der Waals surface area contributed by atoms with Crippen molar-refractivity contribution in [2.75, 3.05) is 6.61 Å². The average Bonchev–Trinajstić information content (AvgIpc) is 3.82. The molecule has 5 heterocycles. The van der Waals surface area contributed by atoms with Gasteiger partial charge in [0.15, 0.2) is 12.4 Å². The fraction of sp³-hybridized carbons (Fsp3) is 0.135. The summed E-state index contributed by atoms with van der Waals surface area (Å²) in [5, 5.41) is 21.9. The van der Waals surface area contributed by atoms with E-state index < -0.39 is 12.6 Å². The van der Waals surface area contributed by atoms with Gasteiger partial charge in [-0.25, -0.2) is 9.78 Å². The van der Waals surface area contributed by atoms with Crippen LogP contribution in [0.4, 0.5) is 0 Å². The van der Waals surface area contributed by atoms with Crippen molar-refractivity contribution in [3.05, 3.63) is 90.5 Å². The van der Waals surface area contributed by atoms with E-state index in [1.54, 1.807) is 18.2 Å². The van der Waals surface area contributed by atoms with Crippen molar-refractivity contribution >= 4 is 50.1 Å². The Bertz CT molecular complexity index is 2710. The summed E-state index contributed by atoms with van der Waals surface area (Å²) in [4.78, 5) is 42.4. The molecule has 0 fully saturated rings. The van der Waals surface area contributed by atoms with Gasteiger partial charge < -0.3 is 34.8 Å². The number of hydrogen-bond acceptors (Lipinski definition) is 8. The van der Waals surface area contributed by atoms with Crippen LogP contribution in [0.5, 0.6) is 5.75 Å². The smallest absolute Gasteiger partial charge is 0.482 e. The first-order valence-corrected chi connectivity index (χ1v) is 15.7. The van der Waals surface area contributed by atoms with Gasteiger partial charge in [0.25, 0.3) is 5.69 Å². The van der Waals surface area contributed by atoms with E-state index in [-0.39, 0.29) is 22.5 Å². The van der Waals surface area contributed by atoms with Crippen LogP contribution < -0.4 is 19.5 Å². The Labute approximate surface area is 294 Å². The number of aliphatic carboxylic acids is 1. The molecule has 4 aromatic carbocycles.